The predicted molar refractivity (Wildman–Crippen MR) is 60.8 cm³/mol. The molecule has 0 saturated carbocycles. The highest BCUT2D eigenvalue weighted by molar-refractivity contribution is 6.20. The van der Waals surface area contributed by atoms with Crippen LogP contribution in [0.4, 0.5) is 6.01 Å². The first-order valence-electron chi connectivity index (χ1n) is 5.44. The lowest BCUT2D eigenvalue weighted by Crippen LogP contribution is -2.45. The van der Waals surface area contributed by atoms with Gasteiger partial charge in [0.25, 0.3) is 0 Å². The summed E-state index contributed by atoms with van der Waals surface area (Å²) in [6, 6.07) is 0.532. The first-order valence-corrected chi connectivity index (χ1v) is 5.87. The highest BCUT2D eigenvalue weighted by Crippen LogP contribution is 2.23. The second kappa shape index (κ2) is 4.59. The number of hydrogen-bond acceptors (Lipinski definition) is 5. The molecule has 0 aliphatic carbocycles. The van der Waals surface area contributed by atoms with E-state index < -0.39 is 0 Å². The van der Waals surface area contributed by atoms with Gasteiger partial charge in [-0.2, -0.15) is 0 Å². The van der Waals surface area contributed by atoms with E-state index in [4.69, 9.17) is 20.8 Å². The Morgan fingerprint density at radius 2 is 1.94 bits per heavy atom. The van der Waals surface area contributed by atoms with Crippen LogP contribution >= 0.6 is 11.6 Å². The lowest BCUT2D eigenvalue weighted by Gasteiger charge is -2.33. The van der Waals surface area contributed by atoms with Crippen molar-refractivity contribution in [2.45, 2.75) is 38.4 Å². The third kappa shape index (κ3) is 2.47. The van der Waals surface area contributed by atoms with E-state index in [1.807, 2.05) is 25.7 Å². The Kier molecular flexibility index (Phi) is 3.35. The Bertz CT molecular complexity index is 346. The first kappa shape index (κ1) is 11.7. The van der Waals surface area contributed by atoms with Gasteiger partial charge in [-0.15, -0.1) is 16.7 Å². The van der Waals surface area contributed by atoms with Crippen LogP contribution in [0.1, 0.15) is 32.0 Å². The molecule has 2 heterocycles. The van der Waals surface area contributed by atoms with Gasteiger partial charge in [0.15, 0.2) is 0 Å². The lowest BCUT2D eigenvalue weighted by molar-refractivity contribution is -0.00675. The zero-order valence-corrected chi connectivity index (χ0v) is 10.4. The summed E-state index contributed by atoms with van der Waals surface area (Å²) < 4.78 is 11.1. The molecule has 16 heavy (non-hydrogen) atoms. The Balaban J connectivity index is 2.10. The monoisotopic (exact) mass is 245 g/mol. The molecule has 3 atom stereocenters. The van der Waals surface area contributed by atoms with Gasteiger partial charge < -0.3 is 14.1 Å². The molecule has 1 aliphatic heterocycles. The molecule has 0 aromatic carbocycles. The maximum Gasteiger partial charge on any atom is 0.318 e. The van der Waals surface area contributed by atoms with E-state index >= 15 is 0 Å². The predicted octanol–water partition coefficient (Wildman–Crippen LogP) is 1.98. The number of morpholine rings is 1. The van der Waals surface area contributed by atoms with Crippen LogP contribution < -0.4 is 4.90 Å². The maximum absolute atomic E-state index is 5.87. The van der Waals surface area contributed by atoms with Gasteiger partial charge in [0, 0.05) is 13.1 Å². The third-order valence-electron chi connectivity index (χ3n) is 2.46. The van der Waals surface area contributed by atoms with E-state index in [0.717, 1.165) is 13.1 Å². The molecule has 90 valence electrons. The molecule has 1 aromatic rings. The summed E-state index contributed by atoms with van der Waals surface area (Å²) in [5, 5.41) is 7.66. The molecule has 0 N–H and O–H groups in total. The Morgan fingerprint density at radius 3 is 2.44 bits per heavy atom. The maximum atomic E-state index is 5.87. The zero-order valence-electron chi connectivity index (χ0n) is 9.68. The van der Waals surface area contributed by atoms with Gasteiger partial charge in [-0.25, -0.2) is 0 Å². The second-order valence-electron chi connectivity index (χ2n) is 4.20. The molecule has 1 saturated heterocycles. The third-order valence-corrected chi connectivity index (χ3v) is 2.65. The average molecular weight is 246 g/mol. The minimum atomic E-state index is -0.253. The van der Waals surface area contributed by atoms with E-state index in [1.165, 1.54) is 0 Å². The van der Waals surface area contributed by atoms with Crippen LogP contribution in [0.15, 0.2) is 4.42 Å². The van der Waals surface area contributed by atoms with Crippen LogP contribution in [0.2, 0.25) is 0 Å². The van der Waals surface area contributed by atoms with Crippen LogP contribution in [0.3, 0.4) is 0 Å². The van der Waals surface area contributed by atoms with Crippen molar-refractivity contribution in [2.75, 3.05) is 18.0 Å². The summed E-state index contributed by atoms with van der Waals surface area (Å²) in [6.45, 7) is 7.41. The number of hydrogen-bond donors (Lipinski definition) is 0. The molecular weight excluding hydrogens is 230 g/mol. The highest BCUT2D eigenvalue weighted by Gasteiger charge is 2.26. The molecule has 5 nitrogen and oxygen atoms in total. The minimum Gasteiger partial charge on any atom is -0.406 e. The number of anilines is 1. The quantitative estimate of drug-likeness (QED) is 0.746. The Morgan fingerprint density at radius 1 is 1.31 bits per heavy atom. The van der Waals surface area contributed by atoms with Crippen LogP contribution in [0.25, 0.3) is 0 Å². The van der Waals surface area contributed by atoms with Gasteiger partial charge in [0.1, 0.15) is 5.38 Å². The number of ether oxygens (including phenoxy) is 1. The summed E-state index contributed by atoms with van der Waals surface area (Å²) in [4.78, 5) is 2.04. The van der Waals surface area contributed by atoms with Crippen LogP contribution in [0.5, 0.6) is 0 Å². The summed E-state index contributed by atoms with van der Waals surface area (Å²) in [5.74, 6) is 0.462. The highest BCUT2D eigenvalue weighted by atomic mass is 35.5. The van der Waals surface area contributed by atoms with Crippen LogP contribution in [0, 0.1) is 0 Å². The first-order chi connectivity index (χ1) is 7.56. The Hall–Kier alpha value is -0.810. The molecule has 3 unspecified atom stereocenters. The van der Waals surface area contributed by atoms with Gasteiger partial charge in [-0.1, -0.05) is 5.10 Å². The van der Waals surface area contributed by atoms with Crippen molar-refractivity contribution in [3.63, 3.8) is 0 Å². The normalized spacial score (nSPS) is 28.1. The zero-order chi connectivity index (χ0) is 11.7. The van der Waals surface area contributed by atoms with Gasteiger partial charge in [-0.05, 0) is 20.8 Å². The number of rotatable bonds is 2. The fourth-order valence-corrected chi connectivity index (χ4v) is 1.94. The molecule has 1 fully saturated rings. The molecular formula is C10H16ClN3O2. The minimum absolute atomic E-state index is 0.174. The molecule has 1 aliphatic rings. The standard InChI is InChI=1S/C10H16ClN3O2/c1-6-4-14(5-7(2)15-6)10-13-12-9(16-10)8(3)11/h6-8H,4-5H2,1-3H3. The van der Waals surface area contributed by atoms with Gasteiger partial charge in [0.05, 0.1) is 12.2 Å². The summed E-state index contributed by atoms with van der Waals surface area (Å²) in [5.41, 5.74) is 0. The van der Waals surface area contributed by atoms with Gasteiger partial charge in [0.2, 0.25) is 5.89 Å². The number of alkyl halides is 1. The van der Waals surface area contributed by atoms with Gasteiger partial charge >= 0.3 is 6.01 Å². The summed E-state index contributed by atoms with van der Waals surface area (Å²) in [6.07, 6.45) is 0.347. The summed E-state index contributed by atoms with van der Waals surface area (Å²) in [7, 11) is 0. The number of aromatic nitrogens is 2. The van der Waals surface area contributed by atoms with Crippen molar-refractivity contribution in [3.8, 4) is 0 Å². The second-order valence-corrected chi connectivity index (χ2v) is 4.86. The number of nitrogens with zero attached hydrogens (tertiary/aromatic N) is 3. The van der Waals surface area contributed by atoms with Crippen LogP contribution in [-0.4, -0.2) is 35.5 Å². The molecule has 0 bridgehead atoms. The molecule has 0 radical (unpaired) electrons. The van der Waals surface area contributed by atoms with E-state index in [-0.39, 0.29) is 17.6 Å². The van der Waals surface area contributed by atoms with Crippen molar-refractivity contribution in [3.05, 3.63) is 5.89 Å². The molecule has 1 aromatic heterocycles. The van der Waals surface area contributed by atoms with Crippen molar-refractivity contribution in [2.24, 2.45) is 0 Å². The molecule has 0 spiro atoms. The lowest BCUT2D eigenvalue weighted by atomic mass is 10.2. The number of halogens is 1. The Labute approximate surface area is 99.7 Å². The van der Waals surface area contributed by atoms with Crippen molar-refractivity contribution < 1.29 is 9.15 Å². The smallest absolute Gasteiger partial charge is 0.318 e. The molecule has 2 rings (SSSR count). The topological polar surface area (TPSA) is 51.4 Å². The van der Waals surface area contributed by atoms with E-state index in [0.29, 0.717) is 11.9 Å². The average Bonchev–Trinajstić information content (AvgIpc) is 2.64. The van der Waals surface area contributed by atoms with Gasteiger partial charge in [-0.3, -0.25) is 0 Å². The van der Waals surface area contributed by atoms with Crippen LogP contribution in [-0.2, 0) is 4.74 Å². The SMILES string of the molecule is CC1CN(c2nnc(C(C)Cl)o2)CC(C)O1. The molecule has 0 amide bonds. The van der Waals surface area contributed by atoms with E-state index in [2.05, 4.69) is 10.2 Å². The van der Waals surface area contributed by atoms with Crippen molar-refractivity contribution >= 4 is 17.6 Å². The molecule has 6 heteroatoms. The van der Waals surface area contributed by atoms with Crippen molar-refractivity contribution in [1.82, 2.24) is 10.2 Å². The van der Waals surface area contributed by atoms with E-state index in [1.54, 1.807) is 0 Å². The van der Waals surface area contributed by atoms with E-state index in [9.17, 15) is 0 Å². The van der Waals surface area contributed by atoms with Crippen molar-refractivity contribution in [1.29, 1.82) is 0 Å². The summed E-state index contributed by atoms with van der Waals surface area (Å²) >= 11 is 5.87. The fourth-order valence-electron chi connectivity index (χ4n) is 1.85. The largest absolute Gasteiger partial charge is 0.406 e. The fraction of sp³-hybridized carbons (Fsp3) is 0.800.